The fraction of sp³-hybridized carbons (Fsp3) is 0.846. The first-order valence-electron chi connectivity index (χ1n) is 6.05. The lowest BCUT2D eigenvalue weighted by atomic mass is 9.75. The summed E-state index contributed by atoms with van der Waals surface area (Å²) in [6.07, 6.45) is 14.3. The van der Waals surface area contributed by atoms with Crippen LogP contribution in [0.4, 0.5) is 0 Å². The fourth-order valence-electron chi connectivity index (χ4n) is 2.96. The van der Waals surface area contributed by atoms with Crippen LogP contribution in [0.25, 0.3) is 0 Å². The molecule has 0 heterocycles. The van der Waals surface area contributed by atoms with Crippen LogP contribution in [0.15, 0.2) is 11.6 Å². The number of allylic oxidation sites excluding steroid dienone is 2. The van der Waals surface area contributed by atoms with Crippen molar-refractivity contribution in [3.63, 3.8) is 0 Å². The molecule has 0 radical (unpaired) electrons. The maximum atomic E-state index is 2.35. The highest BCUT2D eigenvalue weighted by atomic mass is 14.3. The second-order valence-electron chi connectivity index (χ2n) is 4.83. The number of hydrogen-bond donors (Lipinski definition) is 0. The maximum absolute atomic E-state index is 2.35. The molecule has 0 nitrogen and oxygen atoms in total. The summed E-state index contributed by atoms with van der Waals surface area (Å²) in [5, 5.41) is 0. The van der Waals surface area contributed by atoms with Crippen LogP contribution in [-0.4, -0.2) is 0 Å². The fourth-order valence-corrected chi connectivity index (χ4v) is 2.96. The zero-order chi connectivity index (χ0) is 9.10. The zero-order valence-corrected chi connectivity index (χ0v) is 8.89. The standard InChI is InChI=1S/C13H22/c1-2-12-9-10-13(12)8-7-11-5-3-4-6-11/h2,11,13H,3-10H2,1H3/t13-/m0/s1. The molecule has 0 aromatic heterocycles. The zero-order valence-electron chi connectivity index (χ0n) is 8.89. The largest absolute Gasteiger partial charge is 0.0882 e. The Morgan fingerprint density at radius 3 is 2.46 bits per heavy atom. The molecule has 13 heavy (non-hydrogen) atoms. The average Bonchev–Trinajstić information content (AvgIpc) is 2.56. The average molecular weight is 178 g/mol. The van der Waals surface area contributed by atoms with E-state index in [2.05, 4.69) is 13.0 Å². The van der Waals surface area contributed by atoms with E-state index in [1.807, 2.05) is 0 Å². The Kier molecular flexibility index (Phi) is 3.08. The van der Waals surface area contributed by atoms with Crippen molar-refractivity contribution >= 4 is 0 Å². The van der Waals surface area contributed by atoms with Crippen LogP contribution in [-0.2, 0) is 0 Å². The van der Waals surface area contributed by atoms with Crippen molar-refractivity contribution in [1.82, 2.24) is 0 Å². The van der Waals surface area contributed by atoms with Crippen molar-refractivity contribution < 1.29 is 0 Å². The highest BCUT2D eigenvalue weighted by molar-refractivity contribution is 5.13. The van der Waals surface area contributed by atoms with Gasteiger partial charge in [0, 0.05) is 0 Å². The topological polar surface area (TPSA) is 0 Å². The van der Waals surface area contributed by atoms with Crippen molar-refractivity contribution in [3.8, 4) is 0 Å². The molecule has 0 N–H and O–H groups in total. The van der Waals surface area contributed by atoms with Gasteiger partial charge >= 0.3 is 0 Å². The van der Waals surface area contributed by atoms with Gasteiger partial charge in [0.2, 0.25) is 0 Å². The molecule has 0 amide bonds. The van der Waals surface area contributed by atoms with Crippen LogP contribution in [0, 0.1) is 11.8 Å². The monoisotopic (exact) mass is 178 g/mol. The molecular weight excluding hydrogens is 156 g/mol. The van der Waals surface area contributed by atoms with Crippen molar-refractivity contribution in [3.05, 3.63) is 11.6 Å². The predicted octanol–water partition coefficient (Wildman–Crippen LogP) is 4.31. The molecule has 0 aromatic rings. The van der Waals surface area contributed by atoms with E-state index in [0.717, 1.165) is 11.8 Å². The highest BCUT2D eigenvalue weighted by Crippen LogP contribution is 2.39. The molecule has 0 saturated heterocycles. The van der Waals surface area contributed by atoms with Crippen LogP contribution in [0.2, 0.25) is 0 Å². The minimum atomic E-state index is 0.991. The summed E-state index contributed by atoms with van der Waals surface area (Å²) in [7, 11) is 0. The Morgan fingerprint density at radius 1 is 1.15 bits per heavy atom. The van der Waals surface area contributed by atoms with Gasteiger partial charge in [-0.3, -0.25) is 0 Å². The minimum Gasteiger partial charge on any atom is -0.0882 e. The first-order valence-corrected chi connectivity index (χ1v) is 6.05. The van der Waals surface area contributed by atoms with E-state index in [9.17, 15) is 0 Å². The van der Waals surface area contributed by atoms with Crippen LogP contribution in [0.3, 0.4) is 0 Å². The Balaban J connectivity index is 1.67. The molecule has 1 atom stereocenters. The lowest BCUT2D eigenvalue weighted by molar-refractivity contribution is 0.358. The molecule has 0 aromatic carbocycles. The lowest BCUT2D eigenvalue weighted by Crippen LogP contribution is -2.16. The van der Waals surface area contributed by atoms with E-state index in [1.54, 1.807) is 5.57 Å². The van der Waals surface area contributed by atoms with Crippen molar-refractivity contribution in [1.29, 1.82) is 0 Å². The van der Waals surface area contributed by atoms with E-state index in [1.165, 1.54) is 51.4 Å². The van der Waals surface area contributed by atoms with Crippen LogP contribution in [0.5, 0.6) is 0 Å². The van der Waals surface area contributed by atoms with Gasteiger partial charge < -0.3 is 0 Å². The van der Waals surface area contributed by atoms with Gasteiger partial charge in [-0.2, -0.15) is 0 Å². The van der Waals surface area contributed by atoms with Gasteiger partial charge in [0.1, 0.15) is 0 Å². The second-order valence-corrected chi connectivity index (χ2v) is 4.83. The first-order chi connectivity index (χ1) is 6.40. The molecule has 2 aliphatic carbocycles. The van der Waals surface area contributed by atoms with E-state index in [-0.39, 0.29) is 0 Å². The molecule has 2 saturated carbocycles. The van der Waals surface area contributed by atoms with Gasteiger partial charge in [-0.05, 0) is 44.4 Å². The van der Waals surface area contributed by atoms with E-state index < -0.39 is 0 Å². The summed E-state index contributed by atoms with van der Waals surface area (Å²) in [5.41, 5.74) is 1.75. The smallest absolute Gasteiger partial charge is 0.0200 e. The molecular formula is C13H22. The highest BCUT2D eigenvalue weighted by Gasteiger charge is 2.24. The van der Waals surface area contributed by atoms with Gasteiger partial charge in [-0.1, -0.05) is 37.3 Å². The van der Waals surface area contributed by atoms with Gasteiger partial charge in [0.25, 0.3) is 0 Å². The third kappa shape index (κ3) is 2.15. The third-order valence-electron chi connectivity index (χ3n) is 4.07. The molecule has 0 spiro atoms. The summed E-state index contributed by atoms with van der Waals surface area (Å²) in [5.74, 6) is 2.09. The first kappa shape index (κ1) is 9.30. The Bertz CT molecular complexity index is 184. The molecule has 0 bridgehead atoms. The van der Waals surface area contributed by atoms with Gasteiger partial charge in [0.15, 0.2) is 0 Å². The van der Waals surface area contributed by atoms with Gasteiger partial charge in [-0.15, -0.1) is 0 Å². The van der Waals surface area contributed by atoms with Crippen molar-refractivity contribution in [2.75, 3.05) is 0 Å². The van der Waals surface area contributed by atoms with Gasteiger partial charge in [-0.25, -0.2) is 0 Å². The van der Waals surface area contributed by atoms with E-state index in [4.69, 9.17) is 0 Å². The summed E-state index contributed by atoms with van der Waals surface area (Å²) in [6.45, 7) is 2.21. The van der Waals surface area contributed by atoms with Crippen LogP contribution in [0.1, 0.15) is 58.3 Å². The summed E-state index contributed by atoms with van der Waals surface area (Å²) in [6, 6.07) is 0. The molecule has 2 fully saturated rings. The number of rotatable bonds is 3. The predicted molar refractivity (Wildman–Crippen MR) is 57.7 cm³/mol. The SMILES string of the molecule is CC=C1CC[C@@H]1CCC1CCCC1. The lowest BCUT2D eigenvalue weighted by Gasteiger charge is -2.30. The number of hydrogen-bond acceptors (Lipinski definition) is 0. The molecule has 2 rings (SSSR count). The minimum absolute atomic E-state index is 0.991. The third-order valence-corrected chi connectivity index (χ3v) is 4.07. The van der Waals surface area contributed by atoms with Gasteiger partial charge in [0.05, 0.1) is 0 Å². The second kappa shape index (κ2) is 4.30. The Morgan fingerprint density at radius 2 is 1.92 bits per heavy atom. The molecule has 74 valence electrons. The Labute approximate surface area is 82.4 Å². The van der Waals surface area contributed by atoms with Crippen molar-refractivity contribution in [2.24, 2.45) is 11.8 Å². The quantitative estimate of drug-likeness (QED) is 0.565. The van der Waals surface area contributed by atoms with Crippen LogP contribution < -0.4 is 0 Å². The summed E-state index contributed by atoms with van der Waals surface area (Å²) >= 11 is 0. The van der Waals surface area contributed by atoms with Crippen molar-refractivity contribution in [2.45, 2.75) is 58.3 Å². The molecule has 0 unspecified atom stereocenters. The van der Waals surface area contributed by atoms with Crippen LogP contribution >= 0.6 is 0 Å². The summed E-state index contributed by atoms with van der Waals surface area (Å²) in [4.78, 5) is 0. The maximum Gasteiger partial charge on any atom is -0.0200 e. The molecule has 0 aliphatic heterocycles. The molecule has 0 heteroatoms. The van der Waals surface area contributed by atoms with E-state index in [0.29, 0.717) is 0 Å². The molecule has 2 aliphatic rings. The summed E-state index contributed by atoms with van der Waals surface area (Å²) < 4.78 is 0. The van der Waals surface area contributed by atoms with E-state index >= 15 is 0 Å². The Hall–Kier alpha value is -0.260. The normalized spacial score (nSPS) is 32.4.